The van der Waals surface area contributed by atoms with Crippen LogP contribution < -0.4 is 4.52 Å². The van der Waals surface area contributed by atoms with Gasteiger partial charge in [0.25, 0.3) is 0 Å². The summed E-state index contributed by atoms with van der Waals surface area (Å²) in [6, 6.07) is 8.38. The Morgan fingerprint density at radius 1 is 0.895 bits per heavy atom. The number of aryl methyl sites for hydroxylation is 1. The van der Waals surface area contributed by atoms with Crippen LogP contribution in [-0.4, -0.2) is 7.11 Å². The van der Waals surface area contributed by atoms with Crippen LogP contribution in [0.3, 0.4) is 0 Å². The largest absolute Gasteiger partial charge is 0.450 e. The Morgan fingerprint density at radius 2 is 1.53 bits per heavy atom. The third kappa shape index (κ3) is 8.23. The van der Waals surface area contributed by atoms with Gasteiger partial charge in [-0.25, -0.2) is 0 Å². The molecule has 1 unspecified atom stereocenters. The van der Waals surface area contributed by atoms with E-state index in [1.807, 2.05) is 12.1 Å². The van der Waals surface area contributed by atoms with Crippen molar-refractivity contribution in [2.75, 3.05) is 7.11 Å². The van der Waals surface area contributed by atoms with Crippen molar-refractivity contribution in [3.8, 4) is 5.75 Å². The highest BCUT2D eigenvalue weighted by atomic mass is 31.1. The topological polar surface area (TPSA) is 18.5 Å². The maximum Gasteiger partial charge on any atom is 0.215 e. The van der Waals surface area contributed by atoms with Gasteiger partial charge in [-0.1, -0.05) is 57.6 Å². The van der Waals surface area contributed by atoms with E-state index in [0.717, 1.165) is 5.75 Å². The Kier molecular flexibility index (Phi) is 9.75. The molecule has 1 rings (SSSR count). The Labute approximate surface area is 119 Å². The van der Waals surface area contributed by atoms with Gasteiger partial charge in [-0.2, -0.15) is 0 Å². The van der Waals surface area contributed by atoms with Gasteiger partial charge in [-0.15, -0.1) is 0 Å². The molecule has 0 spiro atoms. The van der Waals surface area contributed by atoms with Gasteiger partial charge in [0.1, 0.15) is 5.75 Å². The van der Waals surface area contributed by atoms with Crippen LogP contribution in [0.2, 0.25) is 0 Å². The van der Waals surface area contributed by atoms with Crippen molar-refractivity contribution in [2.24, 2.45) is 0 Å². The summed E-state index contributed by atoms with van der Waals surface area (Å²) in [4.78, 5) is 0. The quantitative estimate of drug-likeness (QED) is 0.393. The minimum absolute atomic E-state index is 0.0895. The number of rotatable bonds is 11. The van der Waals surface area contributed by atoms with E-state index in [-0.39, 0.29) is 9.03 Å². The van der Waals surface area contributed by atoms with Gasteiger partial charge in [-0.3, -0.25) is 0 Å². The lowest BCUT2D eigenvalue weighted by atomic mass is 10.0. The molecule has 0 fully saturated rings. The molecule has 3 heteroatoms. The minimum Gasteiger partial charge on any atom is -0.450 e. The fraction of sp³-hybridized carbons (Fsp3) is 0.625. The van der Waals surface area contributed by atoms with Crippen molar-refractivity contribution in [1.29, 1.82) is 0 Å². The number of hydrogen-bond donors (Lipinski definition) is 0. The van der Waals surface area contributed by atoms with Gasteiger partial charge in [0.05, 0.1) is 0 Å². The molecule has 0 aliphatic rings. The Morgan fingerprint density at radius 3 is 2.16 bits per heavy atom. The lowest BCUT2D eigenvalue weighted by Crippen LogP contribution is -1.87. The molecule has 0 aliphatic carbocycles. The first-order valence-electron chi connectivity index (χ1n) is 7.40. The fourth-order valence-electron chi connectivity index (χ4n) is 2.10. The van der Waals surface area contributed by atoms with E-state index >= 15 is 0 Å². The number of benzene rings is 1. The van der Waals surface area contributed by atoms with Gasteiger partial charge >= 0.3 is 0 Å². The molecule has 1 aromatic carbocycles. The normalized spacial score (nSPS) is 11.3. The van der Waals surface area contributed by atoms with Crippen LogP contribution in [0.4, 0.5) is 0 Å². The molecule has 1 atom stereocenters. The average Bonchev–Trinajstić information content (AvgIpc) is 2.45. The highest BCUT2D eigenvalue weighted by Crippen LogP contribution is 2.21. The van der Waals surface area contributed by atoms with Crippen LogP contribution >= 0.6 is 9.03 Å². The SMILES string of the molecule is CCCCCCCCCc1ccc(OPOC)cc1. The summed E-state index contributed by atoms with van der Waals surface area (Å²) in [5.41, 5.74) is 1.40. The van der Waals surface area contributed by atoms with E-state index in [1.54, 1.807) is 7.11 Å². The summed E-state index contributed by atoms with van der Waals surface area (Å²) in [6.45, 7) is 2.26. The zero-order chi connectivity index (χ0) is 13.8. The highest BCUT2D eigenvalue weighted by Gasteiger charge is 1.97. The fourth-order valence-corrected chi connectivity index (χ4v) is 2.42. The third-order valence-electron chi connectivity index (χ3n) is 3.24. The molecule has 0 aliphatic heterocycles. The molecule has 0 amide bonds. The monoisotopic (exact) mass is 282 g/mol. The molecule has 2 nitrogen and oxygen atoms in total. The van der Waals surface area contributed by atoms with Gasteiger partial charge in [0, 0.05) is 7.11 Å². The predicted octanol–water partition coefficient (Wildman–Crippen LogP) is 5.51. The van der Waals surface area contributed by atoms with Crippen molar-refractivity contribution >= 4 is 9.03 Å². The zero-order valence-corrected chi connectivity index (χ0v) is 13.3. The first-order valence-corrected chi connectivity index (χ1v) is 8.22. The van der Waals surface area contributed by atoms with Gasteiger partial charge in [0.15, 0.2) is 0 Å². The number of unbranched alkanes of at least 4 members (excludes halogenated alkanes) is 6. The van der Waals surface area contributed by atoms with Crippen LogP contribution in [0.5, 0.6) is 5.75 Å². The first-order chi connectivity index (χ1) is 9.36. The van der Waals surface area contributed by atoms with Crippen molar-refractivity contribution in [2.45, 2.75) is 58.3 Å². The molecule has 0 saturated carbocycles. The Hall–Kier alpha value is -0.590. The first kappa shape index (κ1) is 16.5. The van der Waals surface area contributed by atoms with Crippen molar-refractivity contribution in [1.82, 2.24) is 0 Å². The number of hydrogen-bond acceptors (Lipinski definition) is 2. The Bertz CT molecular complexity index is 311. The van der Waals surface area contributed by atoms with E-state index in [0.29, 0.717) is 0 Å². The molecule has 108 valence electrons. The van der Waals surface area contributed by atoms with Gasteiger partial charge in [-0.05, 0) is 30.5 Å². The molecule has 0 aromatic heterocycles. The second-order valence-corrected chi connectivity index (χ2v) is 5.68. The summed E-state index contributed by atoms with van der Waals surface area (Å²) in [7, 11) is 1.74. The minimum atomic E-state index is 0.0895. The molecule has 1 aromatic rings. The molecule has 0 saturated heterocycles. The maximum atomic E-state index is 5.40. The summed E-state index contributed by atoms with van der Waals surface area (Å²) < 4.78 is 10.3. The summed E-state index contributed by atoms with van der Waals surface area (Å²) in [5.74, 6) is 0.892. The second kappa shape index (κ2) is 11.3. The van der Waals surface area contributed by atoms with E-state index in [2.05, 4.69) is 19.1 Å². The third-order valence-corrected chi connectivity index (χ3v) is 3.72. The lowest BCUT2D eigenvalue weighted by Gasteiger charge is -2.05. The van der Waals surface area contributed by atoms with Crippen LogP contribution in [0, 0.1) is 0 Å². The van der Waals surface area contributed by atoms with Crippen molar-refractivity contribution in [3.05, 3.63) is 29.8 Å². The summed E-state index contributed by atoms with van der Waals surface area (Å²) >= 11 is 0. The van der Waals surface area contributed by atoms with Gasteiger partial charge < -0.3 is 9.05 Å². The van der Waals surface area contributed by atoms with E-state index < -0.39 is 0 Å². The summed E-state index contributed by atoms with van der Waals surface area (Å²) in [5, 5.41) is 0. The highest BCUT2D eigenvalue weighted by molar-refractivity contribution is 7.26. The van der Waals surface area contributed by atoms with E-state index in [4.69, 9.17) is 9.05 Å². The van der Waals surface area contributed by atoms with Crippen molar-refractivity contribution in [3.63, 3.8) is 0 Å². The molecule has 0 radical (unpaired) electrons. The van der Waals surface area contributed by atoms with Crippen LogP contribution in [0.1, 0.15) is 57.4 Å². The lowest BCUT2D eigenvalue weighted by molar-refractivity contribution is 0.417. The van der Waals surface area contributed by atoms with Crippen LogP contribution in [0.25, 0.3) is 0 Å². The van der Waals surface area contributed by atoms with Crippen LogP contribution in [-0.2, 0) is 10.9 Å². The van der Waals surface area contributed by atoms with Gasteiger partial charge in [0.2, 0.25) is 9.03 Å². The van der Waals surface area contributed by atoms with E-state index in [9.17, 15) is 0 Å². The molecular formula is C16H27O2P. The predicted molar refractivity (Wildman–Crippen MR) is 84.1 cm³/mol. The zero-order valence-electron chi connectivity index (χ0n) is 12.3. The smallest absolute Gasteiger partial charge is 0.215 e. The average molecular weight is 282 g/mol. The second-order valence-electron chi connectivity index (χ2n) is 4.90. The molecule has 19 heavy (non-hydrogen) atoms. The standard InChI is InChI=1S/C16H27O2P/c1-3-4-5-6-7-8-9-10-15-11-13-16(14-12-15)18-19-17-2/h11-14,19H,3-10H2,1-2H3. The maximum absolute atomic E-state index is 5.40. The summed E-state index contributed by atoms with van der Waals surface area (Å²) in [6.07, 6.45) is 10.7. The molecule has 0 bridgehead atoms. The molecule has 0 N–H and O–H groups in total. The van der Waals surface area contributed by atoms with E-state index in [1.165, 1.54) is 56.9 Å². The molecule has 0 heterocycles. The van der Waals surface area contributed by atoms with Crippen LogP contribution in [0.15, 0.2) is 24.3 Å². The van der Waals surface area contributed by atoms with Crippen molar-refractivity contribution < 1.29 is 9.05 Å². The Balaban J connectivity index is 2.09. The molecular weight excluding hydrogens is 255 g/mol.